The van der Waals surface area contributed by atoms with Crippen LogP contribution >= 0.6 is 0 Å². The van der Waals surface area contributed by atoms with Crippen molar-refractivity contribution in [3.8, 4) is 0 Å². The van der Waals surface area contributed by atoms with E-state index in [4.69, 9.17) is 4.74 Å². The van der Waals surface area contributed by atoms with Crippen molar-refractivity contribution in [2.75, 3.05) is 26.2 Å². The molecule has 130 valence electrons. The number of cyclic esters (lactones) is 1. The molecule has 0 radical (unpaired) electrons. The zero-order valence-electron chi connectivity index (χ0n) is 13.0. The van der Waals surface area contributed by atoms with Gasteiger partial charge in [-0.1, -0.05) is 6.92 Å². The molecule has 24 heavy (non-hydrogen) atoms. The minimum atomic E-state index is -4.54. The number of piperazine rings is 1. The van der Waals surface area contributed by atoms with Crippen LogP contribution in [0, 0.1) is 0 Å². The standard InChI is InChI=1S/C15H16F3N3O3/c1-2-14-8-20(5-6-21(14)13(23)24-9-14)12(22)10-3-4-11(19-7-10)15(16,17)18/h3-4,7H,2,5-6,8-9H2,1H3. The molecule has 0 saturated carbocycles. The van der Waals surface area contributed by atoms with Crippen molar-refractivity contribution < 1.29 is 27.5 Å². The minimum absolute atomic E-state index is 0.0907. The molecular weight excluding hydrogens is 327 g/mol. The van der Waals surface area contributed by atoms with Gasteiger partial charge >= 0.3 is 12.3 Å². The molecule has 1 aromatic heterocycles. The molecule has 0 bridgehead atoms. The fraction of sp³-hybridized carbons (Fsp3) is 0.533. The van der Waals surface area contributed by atoms with Gasteiger partial charge in [-0.3, -0.25) is 14.7 Å². The van der Waals surface area contributed by atoms with E-state index in [9.17, 15) is 22.8 Å². The molecule has 3 rings (SSSR count). The lowest BCUT2D eigenvalue weighted by Crippen LogP contribution is -2.62. The smallest absolute Gasteiger partial charge is 0.433 e. The van der Waals surface area contributed by atoms with Gasteiger partial charge in [0.25, 0.3) is 5.91 Å². The van der Waals surface area contributed by atoms with Crippen molar-refractivity contribution in [3.63, 3.8) is 0 Å². The first kappa shape index (κ1) is 16.5. The normalized spacial score (nSPS) is 23.9. The van der Waals surface area contributed by atoms with Crippen LogP contribution in [0.15, 0.2) is 18.3 Å². The van der Waals surface area contributed by atoms with Gasteiger partial charge in [0, 0.05) is 25.8 Å². The number of halogens is 3. The highest BCUT2D eigenvalue weighted by Crippen LogP contribution is 2.32. The molecule has 2 aliphatic rings. The third-order valence-corrected chi connectivity index (χ3v) is 4.58. The number of fused-ring (bicyclic) bond motifs is 1. The SMILES string of the molecule is CCC12COC(=O)N1CCN(C(=O)c1ccc(C(F)(F)F)nc1)C2. The summed E-state index contributed by atoms with van der Waals surface area (Å²) in [7, 11) is 0. The van der Waals surface area contributed by atoms with Gasteiger partial charge in [-0.25, -0.2) is 4.79 Å². The van der Waals surface area contributed by atoms with Crippen molar-refractivity contribution in [2.45, 2.75) is 25.1 Å². The summed E-state index contributed by atoms with van der Waals surface area (Å²) in [6, 6.07) is 1.92. The fourth-order valence-electron chi connectivity index (χ4n) is 3.11. The Hall–Kier alpha value is -2.32. The molecule has 2 fully saturated rings. The molecule has 2 aliphatic heterocycles. The number of alkyl halides is 3. The Morgan fingerprint density at radius 2 is 2.12 bits per heavy atom. The molecule has 1 atom stereocenters. The Labute approximate surface area is 136 Å². The molecule has 2 saturated heterocycles. The average molecular weight is 343 g/mol. The molecule has 2 amide bonds. The largest absolute Gasteiger partial charge is 0.447 e. The first-order chi connectivity index (χ1) is 11.3. The zero-order chi connectivity index (χ0) is 17.5. The van der Waals surface area contributed by atoms with Gasteiger partial charge in [0.2, 0.25) is 0 Å². The van der Waals surface area contributed by atoms with Gasteiger partial charge in [0.15, 0.2) is 0 Å². The number of ether oxygens (including phenoxy) is 1. The molecule has 0 aromatic carbocycles. The molecule has 0 aliphatic carbocycles. The van der Waals surface area contributed by atoms with E-state index in [1.54, 1.807) is 4.90 Å². The third kappa shape index (κ3) is 2.67. The number of amides is 2. The van der Waals surface area contributed by atoms with Crippen LogP contribution in [0.2, 0.25) is 0 Å². The summed E-state index contributed by atoms with van der Waals surface area (Å²) in [6.07, 6.45) is -3.37. The van der Waals surface area contributed by atoms with E-state index in [1.165, 1.54) is 4.90 Å². The van der Waals surface area contributed by atoms with E-state index in [0.717, 1.165) is 18.3 Å². The molecule has 6 nitrogen and oxygen atoms in total. The van der Waals surface area contributed by atoms with Crippen LogP contribution in [0.5, 0.6) is 0 Å². The van der Waals surface area contributed by atoms with Crippen molar-refractivity contribution in [1.82, 2.24) is 14.8 Å². The maximum atomic E-state index is 12.5. The first-order valence-corrected chi connectivity index (χ1v) is 7.54. The number of nitrogens with zero attached hydrogens (tertiary/aromatic N) is 3. The van der Waals surface area contributed by atoms with Crippen LogP contribution in [0.1, 0.15) is 29.4 Å². The van der Waals surface area contributed by atoms with Gasteiger partial charge in [-0.2, -0.15) is 13.2 Å². The minimum Gasteiger partial charge on any atom is -0.447 e. The van der Waals surface area contributed by atoms with Gasteiger partial charge in [-0.15, -0.1) is 0 Å². The average Bonchev–Trinajstić information content (AvgIpc) is 2.90. The lowest BCUT2D eigenvalue weighted by molar-refractivity contribution is -0.141. The van der Waals surface area contributed by atoms with E-state index in [2.05, 4.69) is 4.98 Å². The topological polar surface area (TPSA) is 62.7 Å². The second kappa shape index (κ2) is 5.64. The molecule has 3 heterocycles. The third-order valence-electron chi connectivity index (χ3n) is 4.58. The first-order valence-electron chi connectivity index (χ1n) is 7.54. The maximum Gasteiger partial charge on any atom is 0.433 e. The van der Waals surface area contributed by atoms with E-state index < -0.39 is 23.3 Å². The number of hydrogen-bond donors (Lipinski definition) is 0. The van der Waals surface area contributed by atoms with Crippen LogP contribution in [0.25, 0.3) is 0 Å². The van der Waals surface area contributed by atoms with E-state index in [0.29, 0.717) is 19.5 Å². The Bertz CT molecular complexity index is 662. The van der Waals surface area contributed by atoms with Crippen LogP contribution < -0.4 is 0 Å². The molecule has 9 heteroatoms. The number of carbonyl (C=O) groups excluding carboxylic acids is 2. The lowest BCUT2D eigenvalue weighted by atomic mass is 9.92. The van der Waals surface area contributed by atoms with Crippen LogP contribution in [-0.4, -0.2) is 58.6 Å². The van der Waals surface area contributed by atoms with Gasteiger partial charge in [0.05, 0.1) is 11.1 Å². The Kier molecular flexibility index (Phi) is 3.89. The van der Waals surface area contributed by atoms with E-state index in [-0.39, 0.29) is 24.8 Å². The highest BCUT2D eigenvalue weighted by Gasteiger charge is 2.50. The highest BCUT2D eigenvalue weighted by atomic mass is 19.4. The number of pyridine rings is 1. The predicted octanol–water partition coefficient (Wildman–Crippen LogP) is 2.16. The summed E-state index contributed by atoms with van der Waals surface area (Å²) >= 11 is 0. The monoisotopic (exact) mass is 343 g/mol. The van der Waals surface area contributed by atoms with Crippen molar-refractivity contribution >= 4 is 12.0 Å². The van der Waals surface area contributed by atoms with Crippen LogP contribution in [0.3, 0.4) is 0 Å². The van der Waals surface area contributed by atoms with Crippen molar-refractivity contribution in [3.05, 3.63) is 29.6 Å². The van der Waals surface area contributed by atoms with E-state index in [1.807, 2.05) is 6.92 Å². The Morgan fingerprint density at radius 1 is 1.38 bits per heavy atom. The molecule has 1 unspecified atom stereocenters. The van der Waals surface area contributed by atoms with Crippen molar-refractivity contribution in [2.24, 2.45) is 0 Å². The van der Waals surface area contributed by atoms with E-state index >= 15 is 0 Å². The molecule has 0 N–H and O–H groups in total. The molecule has 1 aromatic rings. The second-order valence-electron chi connectivity index (χ2n) is 5.94. The van der Waals surface area contributed by atoms with Gasteiger partial charge < -0.3 is 9.64 Å². The predicted molar refractivity (Wildman–Crippen MR) is 76.2 cm³/mol. The number of carbonyl (C=O) groups is 2. The Morgan fingerprint density at radius 3 is 2.71 bits per heavy atom. The number of aromatic nitrogens is 1. The summed E-state index contributed by atoms with van der Waals surface area (Å²) in [5.74, 6) is -0.400. The fourth-order valence-corrected chi connectivity index (χ4v) is 3.11. The summed E-state index contributed by atoms with van der Waals surface area (Å²) in [5.41, 5.74) is -1.51. The van der Waals surface area contributed by atoms with Crippen LogP contribution in [0.4, 0.5) is 18.0 Å². The second-order valence-corrected chi connectivity index (χ2v) is 5.94. The van der Waals surface area contributed by atoms with Gasteiger partial charge in [0.1, 0.15) is 12.3 Å². The Balaban J connectivity index is 1.77. The summed E-state index contributed by atoms with van der Waals surface area (Å²) < 4.78 is 42.7. The van der Waals surface area contributed by atoms with Crippen LogP contribution in [-0.2, 0) is 10.9 Å². The number of hydrogen-bond acceptors (Lipinski definition) is 4. The molecular formula is C15H16F3N3O3. The summed E-state index contributed by atoms with van der Waals surface area (Å²) in [4.78, 5) is 30.8. The quantitative estimate of drug-likeness (QED) is 0.826. The zero-order valence-corrected chi connectivity index (χ0v) is 13.0. The maximum absolute atomic E-state index is 12.5. The highest BCUT2D eigenvalue weighted by molar-refractivity contribution is 5.94. The molecule has 0 spiro atoms. The van der Waals surface area contributed by atoms with Gasteiger partial charge in [-0.05, 0) is 18.6 Å². The van der Waals surface area contributed by atoms with Crippen molar-refractivity contribution in [1.29, 1.82) is 0 Å². The number of rotatable bonds is 2. The summed E-state index contributed by atoms with van der Waals surface area (Å²) in [6.45, 7) is 3.04. The lowest BCUT2D eigenvalue weighted by Gasteiger charge is -2.44. The summed E-state index contributed by atoms with van der Waals surface area (Å²) in [5, 5.41) is 0.